The van der Waals surface area contributed by atoms with E-state index in [9.17, 15) is 19.6 Å². The molecule has 0 radical (unpaired) electrons. The highest BCUT2D eigenvalue weighted by Crippen LogP contribution is 2.29. The van der Waals surface area contributed by atoms with Crippen molar-refractivity contribution in [3.05, 3.63) is 53.7 Å². The maximum atomic E-state index is 14.4. The Hall–Kier alpha value is -4.57. The Bertz CT molecular complexity index is 1580. The van der Waals surface area contributed by atoms with E-state index in [0.717, 1.165) is 31.2 Å². The van der Waals surface area contributed by atoms with Crippen molar-refractivity contribution in [2.24, 2.45) is 0 Å². The number of pyridine rings is 1. The Morgan fingerprint density at radius 1 is 1.20 bits per heavy atom. The van der Waals surface area contributed by atoms with E-state index >= 15 is 0 Å². The predicted octanol–water partition coefficient (Wildman–Crippen LogP) is 3.63. The van der Waals surface area contributed by atoms with Crippen LogP contribution in [0.15, 0.2) is 41.1 Å². The fourth-order valence-corrected chi connectivity index (χ4v) is 4.81. The predicted molar refractivity (Wildman–Crippen MR) is 149 cm³/mol. The number of nitriles is 1. The first-order chi connectivity index (χ1) is 19.6. The van der Waals surface area contributed by atoms with Crippen molar-refractivity contribution in [1.82, 2.24) is 30.1 Å². The summed E-state index contributed by atoms with van der Waals surface area (Å²) in [6, 6.07) is 9.96. The second kappa shape index (κ2) is 11.5. The molecule has 5 rings (SSSR count). The lowest BCUT2D eigenvalue weighted by Crippen LogP contribution is -2.42. The molecule has 4 N–H and O–H groups in total. The van der Waals surface area contributed by atoms with Crippen molar-refractivity contribution in [3.63, 3.8) is 0 Å². The number of fused-ring (bicyclic) bond motifs is 1. The second-order valence-electron chi connectivity index (χ2n) is 10.8. The first-order valence-electron chi connectivity index (χ1n) is 13.5. The number of hydrogen-bond acceptors (Lipinski definition) is 10. The number of amides is 1. The van der Waals surface area contributed by atoms with Gasteiger partial charge in [0.2, 0.25) is 5.89 Å². The van der Waals surface area contributed by atoms with Crippen LogP contribution in [0.5, 0.6) is 0 Å². The summed E-state index contributed by atoms with van der Waals surface area (Å²) in [5.74, 6) is -0.00220. The minimum absolute atomic E-state index is 0.0740. The van der Waals surface area contributed by atoms with Crippen LogP contribution in [-0.2, 0) is 0 Å². The highest BCUT2D eigenvalue weighted by molar-refractivity contribution is 6.00. The molecule has 0 saturated heterocycles. The Morgan fingerprint density at radius 2 is 1.93 bits per heavy atom. The van der Waals surface area contributed by atoms with Crippen LogP contribution in [0.2, 0.25) is 0 Å². The van der Waals surface area contributed by atoms with Crippen molar-refractivity contribution in [3.8, 4) is 17.5 Å². The lowest BCUT2D eigenvalue weighted by atomic mass is 9.91. The molecule has 1 saturated carbocycles. The summed E-state index contributed by atoms with van der Waals surface area (Å²) in [4.78, 5) is 17.7. The number of halogens is 1. The summed E-state index contributed by atoms with van der Waals surface area (Å²) in [6.07, 6.45) is 4.64. The van der Waals surface area contributed by atoms with E-state index in [-0.39, 0.29) is 24.2 Å². The van der Waals surface area contributed by atoms with Gasteiger partial charge < -0.3 is 25.5 Å². The molecule has 4 heterocycles. The molecule has 1 atom stereocenters. The number of hydrogen-bond donors (Lipinski definition) is 4. The quantitative estimate of drug-likeness (QED) is 0.237. The Labute approximate surface area is 236 Å². The van der Waals surface area contributed by atoms with Gasteiger partial charge >= 0.3 is 6.01 Å². The third-order valence-corrected chi connectivity index (χ3v) is 7.19. The normalized spacial score (nSPS) is 18.0. The number of aromatic nitrogens is 5. The van der Waals surface area contributed by atoms with Crippen molar-refractivity contribution in [2.45, 2.75) is 70.3 Å². The second-order valence-corrected chi connectivity index (χ2v) is 10.8. The van der Waals surface area contributed by atoms with Crippen molar-refractivity contribution >= 4 is 23.1 Å². The number of aryl methyl sites for hydroxylation is 1. The summed E-state index contributed by atoms with van der Waals surface area (Å²) in [5, 5.41) is 40.7. The number of nitrogens with one attached hydrogen (secondary N) is 3. The Balaban J connectivity index is 1.37. The van der Waals surface area contributed by atoms with Crippen molar-refractivity contribution < 1.29 is 18.7 Å². The molecule has 214 valence electrons. The number of carbonyl (C=O) groups is 1. The summed E-state index contributed by atoms with van der Waals surface area (Å²) in [6.45, 7) is 4.11. The molecule has 0 aliphatic heterocycles. The average Bonchev–Trinajstić information content (AvgIpc) is 3.57. The monoisotopic (exact) mass is 561 g/mol. The Morgan fingerprint density at radius 3 is 2.59 bits per heavy atom. The molecule has 1 aliphatic carbocycles. The van der Waals surface area contributed by atoms with Crippen molar-refractivity contribution in [1.29, 1.82) is 5.26 Å². The molecule has 0 spiro atoms. The zero-order chi connectivity index (χ0) is 29.1. The van der Waals surface area contributed by atoms with Gasteiger partial charge in [-0.15, -0.1) is 5.10 Å². The maximum Gasteiger partial charge on any atom is 0.315 e. The van der Waals surface area contributed by atoms with Gasteiger partial charge in [-0.1, -0.05) is 5.10 Å². The summed E-state index contributed by atoms with van der Waals surface area (Å²) < 4.78 is 21.5. The third kappa shape index (κ3) is 6.44. The lowest BCUT2D eigenvalue weighted by Gasteiger charge is -2.30. The van der Waals surface area contributed by atoms with Crippen LogP contribution >= 0.6 is 0 Å². The number of rotatable bonds is 9. The first-order valence-corrected chi connectivity index (χ1v) is 13.5. The van der Waals surface area contributed by atoms with Gasteiger partial charge in [-0.05, 0) is 63.8 Å². The minimum Gasteiger partial charge on any atom is -0.408 e. The number of carbonyl (C=O) groups excluding carboxylic acids is 1. The Kier molecular flexibility index (Phi) is 7.85. The van der Waals surface area contributed by atoms with E-state index in [4.69, 9.17) is 4.42 Å². The van der Waals surface area contributed by atoms with Crippen LogP contribution < -0.4 is 16.0 Å². The molecule has 13 heteroatoms. The standard InChI is InChI=1S/C28H32FN9O3/c1-16-36-37-27(41-16)35-19-6-4-18(5-7-19)34-22-11-23(24-9-8-20-10-17(12-30)13-33-38(20)24)31-14-21(22)26(39)32-15-25(29)28(2,3)40/h8-11,13-14,18-19,25,40H,4-7,15H2,1-3H3,(H,31,34)(H,32,39)(H,35,37). The zero-order valence-electron chi connectivity index (χ0n) is 23.1. The SMILES string of the molecule is Cc1nnc(NC2CCC(Nc3cc(-c4ccc5cc(C#N)cnn45)ncc3C(=O)NCC(F)C(C)(C)O)CC2)o1. The summed E-state index contributed by atoms with van der Waals surface area (Å²) in [5.41, 5.74) is 1.67. The van der Waals surface area contributed by atoms with Crippen LogP contribution in [0.3, 0.4) is 0 Å². The van der Waals surface area contributed by atoms with E-state index in [1.807, 2.05) is 12.1 Å². The van der Waals surface area contributed by atoms with E-state index in [2.05, 4.69) is 42.3 Å². The van der Waals surface area contributed by atoms with Crippen LogP contribution in [0, 0.1) is 18.3 Å². The smallest absolute Gasteiger partial charge is 0.315 e. The molecular weight excluding hydrogens is 529 g/mol. The van der Waals surface area contributed by atoms with Crippen LogP contribution in [0.25, 0.3) is 16.9 Å². The third-order valence-electron chi connectivity index (χ3n) is 7.19. The fraction of sp³-hybridized carbons (Fsp3) is 0.429. The lowest BCUT2D eigenvalue weighted by molar-refractivity contribution is -0.00177. The average molecular weight is 562 g/mol. The van der Waals surface area contributed by atoms with Gasteiger partial charge in [0.1, 0.15) is 12.2 Å². The highest BCUT2D eigenvalue weighted by atomic mass is 19.1. The minimum atomic E-state index is -1.64. The van der Waals surface area contributed by atoms with Gasteiger partial charge in [0.15, 0.2) is 0 Å². The number of nitrogens with zero attached hydrogens (tertiary/aromatic N) is 6. The molecule has 1 aliphatic rings. The number of anilines is 2. The van der Waals surface area contributed by atoms with Gasteiger partial charge in [-0.2, -0.15) is 10.4 Å². The fourth-order valence-electron chi connectivity index (χ4n) is 4.81. The largest absolute Gasteiger partial charge is 0.408 e. The molecule has 4 aromatic heterocycles. The highest BCUT2D eigenvalue weighted by Gasteiger charge is 2.28. The molecule has 0 aromatic carbocycles. The van der Waals surface area contributed by atoms with E-state index in [1.54, 1.807) is 23.6 Å². The summed E-state index contributed by atoms with van der Waals surface area (Å²) in [7, 11) is 0. The molecular formula is C28H32FN9O3. The topological polar surface area (TPSA) is 166 Å². The summed E-state index contributed by atoms with van der Waals surface area (Å²) >= 11 is 0. The zero-order valence-corrected chi connectivity index (χ0v) is 23.1. The van der Waals surface area contributed by atoms with Gasteiger partial charge in [-0.3, -0.25) is 9.78 Å². The molecule has 0 bridgehead atoms. The van der Waals surface area contributed by atoms with Gasteiger partial charge in [0, 0.05) is 25.2 Å². The molecule has 1 fully saturated rings. The number of aliphatic hydroxyl groups is 1. The maximum absolute atomic E-state index is 14.4. The molecule has 4 aromatic rings. The van der Waals surface area contributed by atoms with E-state index < -0.39 is 17.7 Å². The molecule has 41 heavy (non-hydrogen) atoms. The van der Waals surface area contributed by atoms with Gasteiger partial charge in [0.05, 0.1) is 52.1 Å². The van der Waals surface area contributed by atoms with Gasteiger partial charge in [-0.25, -0.2) is 8.91 Å². The number of alkyl halides is 1. The first kappa shape index (κ1) is 28.0. The molecule has 1 amide bonds. The van der Waals surface area contributed by atoms with Crippen LogP contribution in [-0.4, -0.2) is 66.2 Å². The van der Waals surface area contributed by atoms with E-state index in [0.29, 0.717) is 34.5 Å². The molecule has 1 unspecified atom stereocenters. The van der Waals surface area contributed by atoms with Crippen LogP contribution in [0.4, 0.5) is 16.1 Å². The van der Waals surface area contributed by atoms with Crippen LogP contribution in [0.1, 0.15) is 61.3 Å². The van der Waals surface area contributed by atoms with E-state index in [1.165, 1.54) is 26.2 Å². The van der Waals surface area contributed by atoms with Gasteiger partial charge in [0.25, 0.3) is 5.91 Å². The molecule has 12 nitrogen and oxygen atoms in total. The van der Waals surface area contributed by atoms with Crippen molar-refractivity contribution in [2.75, 3.05) is 17.2 Å².